The highest BCUT2D eigenvalue weighted by Gasteiger charge is 2.21. The number of carbonyl (C=O) groups excluding carboxylic acids is 2. The van der Waals surface area contributed by atoms with E-state index in [1.807, 2.05) is 36.4 Å². The average molecular weight is 360 g/mol. The van der Waals surface area contributed by atoms with E-state index in [2.05, 4.69) is 22.5 Å². The van der Waals surface area contributed by atoms with Gasteiger partial charge in [0.15, 0.2) is 0 Å². The molecule has 27 heavy (non-hydrogen) atoms. The molecule has 2 aromatic carbocycles. The molecule has 0 spiro atoms. The Labute approximate surface area is 160 Å². The molecule has 138 valence electrons. The van der Waals surface area contributed by atoms with Crippen LogP contribution in [0.4, 0.5) is 5.69 Å². The average Bonchev–Trinajstić information content (AvgIpc) is 2.72. The molecule has 1 aliphatic carbocycles. The molecular formula is C23H24N2O2. The number of rotatable bonds is 4. The van der Waals surface area contributed by atoms with Crippen LogP contribution in [0.1, 0.15) is 48.0 Å². The molecule has 0 radical (unpaired) electrons. The van der Waals surface area contributed by atoms with Crippen LogP contribution in [0.5, 0.6) is 0 Å². The standard InChI is InChI=1S/C23H24N2O2/c26-22(24-16-8-11-18-9-3-1-4-10-18)20-14-7-15-21(17-20)25-23(27)19-12-5-2-6-13-19/h1,3-4,7,9-10,14-15,17,19H,2,5-6,12-13,16H2,(H,24,26)(H,25,27). The van der Waals surface area contributed by atoms with Crippen molar-refractivity contribution >= 4 is 17.5 Å². The fourth-order valence-electron chi connectivity index (χ4n) is 3.24. The van der Waals surface area contributed by atoms with Crippen molar-refractivity contribution in [1.82, 2.24) is 5.32 Å². The number of amides is 2. The minimum absolute atomic E-state index is 0.0565. The Morgan fingerprint density at radius 2 is 1.74 bits per heavy atom. The molecular weight excluding hydrogens is 336 g/mol. The number of hydrogen-bond donors (Lipinski definition) is 2. The molecule has 0 bridgehead atoms. The number of nitrogens with one attached hydrogen (secondary N) is 2. The van der Waals surface area contributed by atoms with Gasteiger partial charge in [-0.15, -0.1) is 0 Å². The summed E-state index contributed by atoms with van der Waals surface area (Å²) in [5, 5.41) is 5.74. The van der Waals surface area contributed by atoms with Crippen molar-refractivity contribution in [3.63, 3.8) is 0 Å². The molecule has 4 heteroatoms. The second kappa shape index (κ2) is 9.59. The summed E-state index contributed by atoms with van der Waals surface area (Å²) in [5.41, 5.74) is 2.09. The number of anilines is 1. The lowest BCUT2D eigenvalue weighted by Gasteiger charge is -2.20. The number of hydrogen-bond acceptors (Lipinski definition) is 2. The summed E-state index contributed by atoms with van der Waals surface area (Å²) in [6, 6.07) is 16.7. The van der Waals surface area contributed by atoms with Gasteiger partial charge in [0.05, 0.1) is 6.54 Å². The molecule has 0 saturated heterocycles. The summed E-state index contributed by atoms with van der Waals surface area (Å²) >= 11 is 0. The largest absolute Gasteiger partial charge is 0.341 e. The maximum absolute atomic E-state index is 12.4. The molecule has 2 N–H and O–H groups in total. The summed E-state index contributed by atoms with van der Waals surface area (Å²) in [5.74, 6) is 5.89. The van der Waals surface area contributed by atoms with E-state index in [0.29, 0.717) is 11.3 Å². The first-order valence-corrected chi connectivity index (χ1v) is 9.45. The lowest BCUT2D eigenvalue weighted by molar-refractivity contribution is -0.120. The Bertz CT molecular complexity index is 843. The van der Waals surface area contributed by atoms with Crippen LogP contribution in [0, 0.1) is 17.8 Å². The minimum Gasteiger partial charge on any atom is -0.341 e. The first-order valence-electron chi connectivity index (χ1n) is 9.45. The van der Waals surface area contributed by atoms with Gasteiger partial charge < -0.3 is 10.6 Å². The molecule has 1 fully saturated rings. The van der Waals surface area contributed by atoms with Gasteiger partial charge in [0.2, 0.25) is 5.91 Å². The van der Waals surface area contributed by atoms with Crippen LogP contribution in [0.3, 0.4) is 0 Å². The predicted octanol–water partition coefficient (Wildman–Crippen LogP) is 3.99. The summed E-state index contributed by atoms with van der Waals surface area (Å²) in [6.45, 7) is 0.270. The van der Waals surface area contributed by atoms with Crippen molar-refractivity contribution in [1.29, 1.82) is 0 Å². The van der Waals surface area contributed by atoms with Crippen molar-refractivity contribution in [3.8, 4) is 11.8 Å². The molecule has 0 heterocycles. The highest BCUT2D eigenvalue weighted by Crippen LogP contribution is 2.25. The van der Waals surface area contributed by atoms with Crippen LogP contribution in [-0.2, 0) is 4.79 Å². The Hall–Kier alpha value is -3.06. The van der Waals surface area contributed by atoms with E-state index < -0.39 is 0 Å². The second-order valence-electron chi connectivity index (χ2n) is 6.76. The zero-order valence-corrected chi connectivity index (χ0v) is 15.3. The van der Waals surface area contributed by atoms with Gasteiger partial charge in [-0.25, -0.2) is 0 Å². The normalized spacial score (nSPS) is 13.9. The lowest BCUT2D eigenvalue weighted by Crippen LogP contribution is -2.26. The van der Waals surface area contributed by atoms with E-state index in [0.717, 1.165) is 31.2 Å². The van der Waals surface area contributed by atoms with Gasteiger partial charge >= 0.3 is 0 Å². The van der Waals surface area contributed by atoms with E-state index in [1.54, 1.807) is 18.2 Å². The van der Waals surface area contributed by atoms with Gasteiger partial charge in [0, 0.05) is 22.7 Å². The van der Waals surface area contributed by atoms with E-state index in [-0.39, 0.29) is 24.3 Å². The highest BCUT2D eigenvalue weighted by molar-refractivity contribution is 5.97. The van der Waals surface area contributed by atoms with Crippen LogP contribution >= 0.6 is 0 Å². The molecule has 0 aliphatic heterocycles. The molecule has 4 nitrogen and oxygen atoms in total. The van der Waals surface area contributed by atoms with Gasteiger partial charge in [0.1, 0.15) is 0 Å². The Balaban J connectivity index is 1.54. The summed E-state index contributed by atoms with van der Waals surface area (Å²) in [7, 11) is 0. The fourth-order valence-corrected chi connectivity index (χ4v) is 3.24. The SMILES string of the molecule is O=C(NCC#Cc1ccccc1)c1cccc(NC(=O)C2CCCCC2)c1. The summed E-state index contributed by atoms with van der Waals surface area (Å²) < 4.78 is 0. The zero-order valence-electron chi connectivity index (χ0n) is 15.3. The molecule has 0 aromatic heterocycles. The van der Waals surface area contributed by atoms with E-state index in [9.17, 15) is 9.59 Å². The van der Waals surface area contributed by atoms with Gasteiger partial charge in [-0.05, 0) is 43.2 Å². The smallest absolute Gasteiger partial charge is 0.252 e. The van der Waals surface area contributed by atoms with Gasteiger partial charge in [-0.3, -0.25) is 9.59 Å². The third-order valence-corrected chi connectivity index (χ3v) is 4.71. The van der Waals surface area contributed by atoms with E-state index >= 15 is 0 Å². The van der Waals surface area contributed by atoms with Crippen molar-refractivity contribution in [3.05, 3.63) is 65.7 Å². The van der Waals surface area contributed by atoms with Crippen molar-refractivity contribution < 1.29 is 9.59 Å². The first kappa shape index (κ1) is 18.7. The third-order valence-electron chi connectivity index (χ3n) is 4.71. The van der Waals surface area contributed by atoms with Crippen molar-refractivity contribution in [2.24, 2.45) is 5.92 Å². The van der Waals surface area contributed by atoms with Crippen LogP contribution in [-0.4, -0.2) is 18.4 Å². The molecule has 2 amide bonds. The van der Waals surface area contributed by atoms with E-state index in [4.69, 9.17) is 0 Å². The first-order chi connectivity index (χ1) is 13.2. The molecule has 0 unspecified atom stereocenters. The molecule has 2 aromatic rings. The van der Waals surface area contributed by atoms with Gasteiger partial charge in [-0.2, -0.15) is 0 Å². The lowest BCUT2D eigenvalue weighted by atomic mass is 9.88. The maximum atomic E-state index is 12.4. The van der Waals surface area contributed by atoms with Crippen LogP contribution in [0.25, 0.3) is 0 Å². The molecule has 1 aliphatic rings. The van der Waals surface area contributed by atoms with Crippen molar-refractivity contribution in [2.75, 3.05) is 11.9 Å². The minimum atomic E-state index is -0.203. The molecule has 3 rings (SSSR count). The molecule has 0 atom stereocenters. The van der Waals surface area contributed by atoms with Gasteiger partial charge in [-0.1, -0.05) is 55.4 Å². The van der Waals surface area contributed by atoms with E-state index in [1.165, 1.54) is 6.42 Å². The second-order valence-corrected chi connectivity index (χ2v) is 6.76. The summed E-state index contributed by atoms with van der Waals surface area (Å²) in [6.07, 6.45) is 5.35. The highest BCUT2D eigenvalue weighted by atomic mass is 16.2. The quantitative estimate of drug-likeness (QED) is 0.810. The Morgan fingerprint density at radius 1 is 0.963 bits per heavy atom. The Kier molecular flexibility index (Phi) is 6.65. The number of carbonyl (C=O) groups is 2. The van der Waals surface area contributed by atoms with Crippen LogP contribution in [0.2, 0.25) is 0 Å². The fraction of sp³-hybridized carbons (Fsp3) is 0.304. The van der Waals surface area contributed by atoms with Crippen molar-refractivity contribution in [2.45, 2.75) is 32.1 Å². The summed E-state index contributed by atoms with van der Waals surface area (Å²) in [4.78, 5) is 24.7. The predicted molar refractivity (Wildman–Crippen MR) is 107 cm³/mol. The topological polar surface area (TPSA) is 58.2 Å². The molecule has 1 saturated carbocycles. The zero-order chi connectivity index (χ0) is 18.9. The third kappa shape index (κ3) is 5.72. The number of benzene rings is 2. The monoisotopic (exact) mass is 360 g/mol. The van der Waals surface area contributed by atoms with Crippen LogP contribution < -0.4 is 10.6 Å². The Morgan fingerprint density at radius 3 is 2.52 bits per heavy atom. The van der Waals surface area contributed by atoms with Gasteiger partial charge in [0.25, 0.3) is 5.91 Å². The van der Waals surface area contributed by atoms with Crippen LogP contribution in [0.15, 0.2) is 54.6 Å². The maximum Gasteiger partial charge on any atom is 0.252 e.